The van der Waals surface area contributed by atoms with Crippen molar-refractivity contribution in [3.05, 3.63) is 84.4 Å². The fourth-order valence-electron chi connectivity index (χ4n) is 4.12. The number of hydrogen-bond donors (Lipinski definition) is 2. The van der Waals surface area contributed by atoms with E-state index in [-0.39, 0.29) is 18.3 Å². The van der Waals surface area contributed by atoms with E-state index in [1.54, 1.807) is 0 Å². The highest BCUT2D eigenvalue weighted by Crippen LogP contribution is 2.36. The first-order chi connectivity index (χ1) is 19.6. The van der Waals surface area contributed by atoms with Crippen LogP contribution in [0.2, 0.25) is 18.1 Å². The van der Waals surface area contributed by atoms with Gasteiger partial charge in [0, 0.05) is 6.61 Å². The summed E-state index contributed by atoms with van der Waals surface area (Å²) in [7, 11) is -1.94. The lowest BCUT2D eigenvalue weighted by Gasteiger charge is -2.37. The molecular formula is C34H53NO6Si. The first kappa shape index (κ1) is 35.7. The third-order valence-electron chi connectivity index (χ3n) is 7.50. The summed E-state index contributed by atoms with van der Waals surface area (Å²) in [5.41, 5.74) is 1.25. The summed E-state index contributed by atoms with van der Waals surface area (Å²) in [6.45, 7) is 21.5. The molecule has 0 unspecified atom stereocenters. The van der Waals surface area contributed by atoms with Crippen molar-refractivity contribution in [1.29, 1.82) is 0 Å². The molecule has 2 aromatic carbocycles. The second-order valence-corrected chi connectivity index (χ2v) is 18.1. The summed E-state index contributed by atoms with van der Waals surface area (Å²) in [5, 5.41) is 14.2. The minimum atomic E-state index is -1.94. The minimum Gasteiger partial charge on any atom is -0.444 e. The van der Waals surface area contributed by atoms with Crippen LogP contribution in [0.15, 0.2) is 73.3 Å². The zero-order chi connectivity index (χ0) is 31.4. The van der Waals surface area contributed by atoms with Crippen LogP contribution in [0.3, 0.4) is 0 Å². The summed E-state index contributed by atoms with van der Waals surface area (Å²) >= 11 is 0. The number of alkyl carbamates (subject to hydrolysis) is 1. The lowest BCUT2D eigenvalue weighted by Crippen LogP contribution is -2.54. The second-order valence-electron chi connectivity index (χ2n) is 13.3. The van der Waals surface area contributed by atoms with E-state index in [1.165, 1.54) is 6.08 Å². The standard InChI is InChI=1S/C34H53NO6Si/c1-10-29(36)31(39-25-27-20-15-12-16-21-27)30(38-24-26-18-13-11-14-19-26)28(35-32(37)41-33(2,3)4)22-17-23-40-42(8,9)34(5,6)7/h10-16,18-21,28-31,36H,1,17,22-25H2,2-9H3,(H,35,37)/t28-,29+,30-,31-/m1/s1. The van der Waals surface area contributed by atoms with Crippen LogP contribution in [0.25, 0.3) is 0 Å². The molecule has 0 aromatic heterocycles. The third kappa shape index (κ3) is 12.4. The molecule has 8 heteroatoms. The number of rotatable bonds is 16. The van der Waals surface area contributed by atoms with Crippen molar-refractivity contribution in [3.8, 4) is 0 Å². The van der Waals surface area contributed by atoms with E-state index >= 15 is 0 Å². The Kier molecular flexibility index (Phi) is 13.9. The maximum Gasteiger partial charge on any atom is 0.407 e. The van der Waals surface area contributed by atoms with Gasteiger partial charge in [0.25, 0.3) is 0 Å². The second kappa shape index (κ2) is 16.4. The Bertz CT molecular complexity index is 1060. The first-order valence-electron chi connectivity index (χ1n) is 14.9. The number of nitrogens with one attached hydrogen (secondary N) is 1. The molecule has 0 saturated heterocycles. The van der Waals surface area contributed by atoms with Gasteiger partial charge in [-0.05, 0) is 62.9 Å². The van der Waals surface area contributed by atoms with Crippen LogP contribution >= 0.6 is 0 Å². The lowest BCUT2D eigenvalue weighted by molar-refractivity contribution is -0.133. The summed E-state index contributed by atoms with van der Waals surface area (Å²) < 4.78 is 24.9. The zero-order valence-corrected chi connectivity index (χ0v) is 27.9. The molecule has 42 heavy (non-hydrogen) atoms. The average Bonchev–Trinajstić information content (AvgIpc) is 2.91. The number of aliphatic hydroxyl groups excluding tert-OH is 1. The van der Waals surface area contributed by atoms with Crippen molar-refractivity contribution in [2.24, 2.45) is 0 Å². The molecule has 2 N–H and O–H groups in total. The van der Waals surface area contributed by atoms with E-state index in [2.05, 4.69) is 45.8 Å². The summed E-state index contributed by atoms with van der Waals surface area (Å²) in [6.07, 6.45) is -0.479. The Morgan fingerprint density at radius 2 is 1.40 bits per heavy atom. The van der Waals surface area contributed by atoms with E-state index in [0.717, 1.165) is 11.1 Å². The van der Waals surface area contributed by atoms with Gasteiger partial charge in [-0.25, -0.2) is 4.79 Å². The van der Waals surface area contributed by atoms with Gasteiger partial charge in [0.2, 0.25) is 0 Å². The third-order valence-corrected chi connectivity index (χ3v) is 12.0. The molecule has 2 aromatic rings. The van der Waals surface area contributed by atoms with Crippen molar-refractivity contribution in [2.45, 2.75) is 116 Å². The number of aliphatic hydroxyl groups is 1. The number of ether oxygens (including phenoxy) is 3. The summed E-state index contributed by atoms with van der Waals surface area (Å²) in [5.74, 6) is 0. The molecule has 0 heterocycles. The first-order valence-corrected chi connectivity index (χ1v) is 17.8. The molecule has 0 radical (unpaired) electrons. The van der Waals surface area contributed by atoms with Crippen molar-refractivity contribution < 1.29 is 28.5 Å². The molecule has 234 valence electrons. The van der Waals surface area contributed by atoms with Crippen molar-refractivity contribution >= 4 is 14.4 Å². The van der Waals surface area contributed by atoms with Crippen LogP contribution in [0.4, 0.5) is 4.79 Å². The Morgan fingerprint density at radius 3 is 1.86 bits per heavy atom. The van der Waals surface area contributed by atoms with Crippen molar-refractivity contribution in [2.75, 3.05) is 6.61 Å². The van der Waals surface area contributed by atoms with Crippen LogP contribution in [-0.2, 0) is 31.9 Å². The monoisotopic (exact) mass is 599 g/mol. The molecule has 0 bridgehead atoms. The topological polar surface area (TPSA) is 86.3 Å². The van der Waals surface area contributed by atoms with Gasteiger partial charge in [-0.3, -0.25) is 0 Å². The van der Waals surface area contributed by atoms with Gasteiger partial charge in [-0.2, -0.15) is 0 Å². The summed E-state index contributed by atoms with van der Waals surface area (Å²) in [4.78, 5) is 13.1. The Morgan fingerprint density at radius 1 is 0.905 bits per heavy atom. The summed E-state index contributed by atoms with van der Waals surface area (Å²) in [6, 6.07) is 19.0. The number of amides is 1. The molecule has 1 amide bonds. The minimum absolute atomic E-state index is 0.0902. The van der Waals surface area contributed by atoms with Gasteiger partial charge in [-0.1, -0.05) is 87.5 Å². The SMILES string of the molecule is C=C[C@H](O)[C@@H](OCc1ccccc1)[C@H](OCc1ccccc1)[C@@H](CCCO[Si](C)(C)C(C)(C)C)NC(=O)OC(C)(C)C. The fourth-order valence-corrected chi connectivity index (χ4v) is 5.21. The van der Waals surface area contributed by atoms with E-state index in [9.17, 15) is 9.90 Å². The normalized spacial score (nSPS) is 15.4. The van der Waals surface area contributed by atoms with Crippen LogP contribution in [-0.4, -0.2) is 56.1 Å². The average molecular weight is 600 g/mol. The largest absolute Gasteiger partial charge is 0.444 e. The van der Waals surface area contributed by atoms with E-state index in [4.69, 9.17) is 18.6 Å². The molecule has 0 spiro atoms. The molecule has 7 nitrogen and oxygen atoms in total. The van der Waals surface area contributed by atoms with Crippen molar-refractivity contribution in [1.82, 2.24) is 5.32 Å². The number of hydrogen-bond acceptors (Lipinski definition) is 6. The molecule has 4 atom stereocenters. The number of carbonyl (C=O) groups is 1. The molecular weight excluding hydrogens is 546 g/mol. The van der Waals surface area contributed by atoms with E-state index < -0.39 is 44.4 Å². The molecule has 0 aliphatic carbocycles. The highest BCUT2D eigenvalue weighted by molar-refractivity contribution is 6.74. The van der Waals surface area contributed by atoms with Gasteiger partial charge in [0.15, 0.2) is 8.32 Å². The molecule has 0 aliphatic rings. The number of carbonyl (C=O) groups excluding carboxylic acids is 1. The van der Waals surface area contributed by atoms with Crippen LogP contribution < -0.4 is 5.32 Å². The zero-order valence-electron chi connectivity index (χ0n) is 26.9. The highest BCUT2D eigenvalue weighted by Gasteiger charge is 2.39. The maximum absolute atomic E-state index is 13.1. The van der Waals surface area contributed by atoms with E-state index in [0.29, 0.717) is 19.4 Å². The van der Waals surface area contributed by atoms with Gasteiger partial charge >= 0.3 is 6.09 Å². The van der Waals surface area contributed by atoms with Gasteiger partial charge < -0.3 is 29.1 Å². The predicted molar refractivity (Wildman–Crippen MR) is 172 cm³/mol. The Labute approximate surface area is 254 Å². The van der Waals surface area contributed by atoms with E-state index in [1.807, 2.05) is 81.4 Å². The quantitative estimate of drug-likeness (QED) is 0.119. The fraction of sp³-hybridized carbons (Fsp3) is 0.559. The number of benzene rings is 2. The van der Waals surface area contributed by atoms with Gasteiger partial charge in [0.1, 0.15) is 23.9 Å². The molecule has 0 fully saturated rings. The van der Waals surface area contributed by atoms with Crippen LogP contribution in [0.1, 0.15) is 65.5 Å². The molecule has 0 saturated carbocycles. The molecule has 0 aliphatic heterocycles. The lowest BCUT2D eigenvalue weighted by atomic mass is 9.96. The molecule has 2 rings (SSSR count). The van der Waals surface area contributed by atoms with Crippen LogP contribution in [0.5, 0.6) is 0 Å². The van der Waals surface area contributed by atoms with Gasteiger partial charge in [-0.15, -0.1) is 6.58 Å². The van der Waals surface area contributed by atoms with Crippen molar-refractivity contribution in [3.63, 3.8) is 0 Å². The Hall–Kier alpha value is -2.49. The van der Waals surface area contributed by atoms with Gasteiger partial charge in [0.05, 0.1) is 19.3 Å². The smallest absolute Gasteiger partial charge is 0.407 e. The predicted octanol–water partition coefficient (Wildman–Crippen LogP) is 7.40. The maximum atomic E-state index is 13.1. The van der Waals surface area contributed by atoms with Crippen LogP contribution in [0, 0.1) is 0 Å². The Balaban J connectivity index is 2.37. The highest BCUT2D eigenvalue weighted by atomic mass is 28.4.